The molecule has 4 rings (SSSR count). The van der Waals surface area contributed by atoms with Crippen LogP contribution in [-0.2, 0) is 15.0 Å². The van der Waals surface area contributed by atoms with Crippen molar-refractivity contribution in [1.29, 1.82) is 0 Å². The van der Waals surface area contributed by atoms with Gasteiger partial charge in [-0.25, -0.2) is 4.79 Å². The normalized spacial score (nSPS) is 22.2. The van der Waals surface area contributed by atoms with Crippen molar-refractivity contribution in [3.05, 3.63) is 87.5 Å². The van der Waals surface area contributed by atoms with E-state index in [1.54, 1.807) is 36.4 Å². The summed E-state index contributed by atoms with van der Waals surface area (Å²) in [4.78, 5) is 41.1. The molecule has 0 saturated carbocycles. The Balaban J connectivity index is 1.71. The summed E-state index contributed by atoms with van der Waals surface area (Å²) in [6.07, 6.45) is 6.52. The fourth-order valence-electron chi connectivity index (χ4n) is 4.87. The van der Waals surface area contributed by atoms with Crippen LogP contribution >= 0.6 is 0 Å². The molecule has 0 unspecified atom stereocenters. The highest BCUT2D eigenvalue weighted by Gasteiger charge is 2.42. The van der Waals surface area contributed by atoms with Gasteiger partial charge < -0.3 is 20.0 Å². The van der Waals surface area contributed by atoms with Crippen molar-refractivity contribution in [2.45, 2.75) is 33.1 Å². The van der Waals surface area contributed by atoms with Crippen molar-refractivity contribution >= 4 is 23.2 Å². The van der Waals surface area contributed by atoms with Gasteiger partial charge in [0.1, 0.15) is 5.76 Å². The van der Waals surface area contributed by atoms with Crippen molar-refractivity contribution in [3.63, 3.8) is 0 Å². The molecule has 0 fully saturated rings. The lowest BCUT2D eigenvalue weighted by Gasteiger charge is -2.28. The van der Waals surface area contributed by atoms with Crippen LogP contribution in [0.4, 0.5) is 5.69 Å². The van der Waals surface area contributed by atoms with E-state index in [9.17, 15) is 24.6 Å². The first-order valence-corrected chi connectivity index (χ1v) is 11.3. The molecule has 0 saturated heterocycles. The highest BCUT2D eigenvalue weighted by Crippen LogP contribution is 2.48. The lowest BCUT2D eigenvalue weighted by Crippen LogP contribution is -2.29. The number of rotatable bonds is 5. The van der Waals surface area contributed by atoms with Crippen LogP contribution in [0.3, 0.4) is 0 Å². The zero-order chi connectivity index (χ0) is 24.9. The lowest BCUT2D eigenvalue weighted by molar-refractivity contribution is -0.115. The van der Waals surface area contributed by atoms with E-state index in [1.807, 2.05) is 44.5 Å². The second kappa shape index (κ2) is 8.17. The number of carbonyl (C=O) groups excluding carboxylic acids is 2. The first kappa shape index (κ1) is 23.3. The number of hydrogen-bond donors (Lipinski definition) is 2. The maximum Gasteiger partial charge on any atom is 0.335 e. The number of anilines is 1. The van der Waals surface area contributed by atoms with Crippen LogP contribution in [0.1, 0.15) is 43.6 Å². The predicted molar refractivity (Wildman–Crippen MR) is 130 cm³/mol. The van der Waals surface area contributed by atoms with Gasteiger partial charge in [0.15, 0.2) is 5.78 Å². The van der Waals surface area contributed by atoms with Gasteiger partial charge in [0.25, 0.3) is 0 Å². The molecule has 3 aliphatic rings. The summed E-state index contributed by atoms with van der Waals surface area (Å²) in [7, 11) is 1.84. The third kappa shape index (κ3) is 3.39. The Bertz CT molecular complexity index is 1290. The van der Waals surface area contributed by atoms with Crippen LogP contribution < -0.4 is 4.90 Å². The van der Waals surface area contributed by atoms with Gasteiger partial charge in [0.05, 0.1) is 16.7 Å². The molecule has 1 heterocycles. The number of ketones is 2. The molecular weight excluding hydrogens is 432 g/mol. The third-order valence-corrected chi connectivity index (χ3v) is 6.89. The molecule has 7 heteroatoms. The maximum absolute atomic E-state index is 13.0. The number of likely N-dealkylation sites (N-methyl/N-ethyl adjacent to an activating group) is 2. The number of carboxylic acids is 1. The monoisotopic (exact) mass is 460 g/mol. The second-order valence-electron chi connectivity index (χ2n) is 9.07. The number of carboxylic acid groups (broad SMARTS) is 1. The van der Waals surface area contributed by atoms with E-state index in [4.69, 9.17) is 0 Å². The number of aromatic carboxylic acids is 1. The summed E-state index contributed by atoms with van der Waals surface area (Å²) in [5.74, 6) is -1.90. The van der Waals surface area contributed by atoms with Gasteiger partial charge in [-0.15, -0.1) is 0 Å². The van der Waals surface area contributed by atoms with E-state index in [0.717, 1.165) is 35.7 Å². The molecule has 0 bridgehead atoms. The summed E-state index contributed by atoms with van der Waals surface area (Å²) >= 11 is 0. The number of fused-ring (bicyclic) bond motifs is 1. The first-order valence-electron chi connectivity index (χ1n) is 11.3. The Hall–Kier alpha value is -3.87. The number of aliphatic hydroxyl groups excluding tert-OH is 1. The van der Waals surface area contributed by atoms with Crippen molar-refractivity contribution in [3.8, 4) is 0 Å². The fourth-order valence-corrected chi connectivity index (χ4v) is 4.87. The van der Waals surface area contributed by atoms with Crippen LogP contribution in [0, 0.1) is 0 Å². The molecule has 0 aromatic heterocycles. The molecule has 1 aliphatic heterocycles. The van der Waals surface area contributed by atoms with Crippen LogP contribution in [0.15, 0.2) is 76.4 Å². The first-order chi connectivity index (χ1) is 16.0. The molecule has 34 heavy (non-hydrogen) atoms. The summed E-state index contributed by atoms with van der Waals surface area (Å²) < 4.78 is 0. The van der Waals surface area contributed by atoms with E-state index in [1.165, 1.54) is 6.08 Å². The van der Waals surface area contributed by atoms with Gasteiger partial charge in [0.2, 0.25) is 5.78 Å². The molecule has 1 aromatic carbocycles. The van der Waals surface area contributed by atoms with Crippen LogP contribution in [0.25, 0.3) is 0 Å². The number of benzene rings is 1. The zero-order valence-corrected chi connectivity index (χ0v) is 20.0. The van der Waals surface area contributed by atoms with Gasteiger partial charge in [-0.1, -0.05) is 13.8 Å². The van der Waals surface area contributed by atoms with Crippen molar-refractivity contribution < 1.29 is 24.6 Å². The fraction of sp³-hybridized carbons (Fsp3) is 0.296. The molecular formula is C27H28N2O5. The Morgan fingerprint density at radius 3 is 2.38 bits per heavy atom. The quantitative estimate of drug-likeness (QED) is 0.640. The van der Waals surface area contributed by atoms with Gasteiger partial charge in [-0.3, -0.25) is 9.59 Å². The smallest absolute Gasteiger partial charge is 0.335 e. The Morgan fingerprint density at radius 2 is 1.82 bits per heavy atom. The Morgan fingerprint density at radius 1 is 1.15 bits per heavy atom. The summed E-state index contributed by atoms with van der Waals surface area (Å²) in [6, 6.07) is 4.94. The largest absolute Gasteiger partial charge is 0.506 e. The van der Waals surface area contributed by atoms with Crippen LogP contribution in [0.2, 0.25) is 0 Å². The zero-order valence-electron chi connectivity index (χ0n) is 20.0. The number of carbonyl (C=O) groups is 3. The molecule has 1 aromatic rings. The van der Waals surface area contributed by atoms with E-state index >= 15 is 0 Å². The topological polar surface area (TPSA) is 98.2 Å². The molecule has 2 aliphatic carbocycles. The van der Waals surface area contributed by atoms with Gasteiger partial charge >= 0.3 is 5.97 Å². The number of aliphatic hydroxyl groups is 1. The van der Waals surface area contributed by atoms with E-state index in [-0.39, 0.29) is 39.6 Å². The van der Waals surface area contributed by atoms with Gasteiger partial charge in [-0.05, 0) is 55.8 Å². The highest BCUT2D eigenvalue weighted by molar-refractivity contribution is 6.26. The minimum absolute atomic E-state index is 0.0343. The number of hydrogen-bond acceptors (Lipinski definition) is 6. The molecule has 0 spiro atoms. The summed E-state index contributed by atoms with van der Waals surface area (Å²) in [5.41, 5.74) is 3.16. The SMILES string of the molecule is CCN(CC)C1=CC(=O)C(=C2C(=O)C(C=C3N(C)c4ccc(C(=O)O)cc4C3(C)C)=C2O)C=C1. The molecule has 0 atom stereocenters. The second-order valence-corrected chi connectivity index (χ2v) is 9.07. The maximum atomic E-state index is 13.0. The van der Waals surface area contributed by atoms with Crippen molar-refractivity contribution in [1.82, 2.24) is 4.90 Å². The minimum atomic E-state index is -1.01. The van der Waals surface area contributed by atoms with Crippen molar-refractivity contribution in [2.75, 3.05) is 25.0 Å². The number of allylic oxidation sites excluding steroid dienone is 8. The van der Waals surface area contributed by atoms with E-state index in [2.05, 4.69) is 0 Å². The lowest BCUT2D eigenvalue weighted by atomic mass is 9.78. The number of nitrogens with zero attached hydrogens (tertiary/aromatic N) is 2. The highest BCUT2D eigenvalue weighted by atomic mass is 16.4. The molecule has 0 amide bonds. The molecule has 2 N–H and O–H groups in total. The van der Waals surface area contributed by atoms with E-state index in [0.29, 0.717) is 0 Å². The standard InChI is InChI=1S/C27H28N2O5/c1-6-29(7-2)16-9-10-17(21(30)13-16)23-24(31)18(25(23)32)14-22-27(3,4)19-12-15(26(33)34)8-11-20(19)28(22)5/h8-14,31H,6-7H2,1-5H3,(H,33,34). The minimum Gasteiger partial charge on any atom is -0.506 e. The summed E-state index contributed by atoms with van der Waals surface area (Å²) in [6.45, 7) is 9.41. The van der Waals surface area contributed by atoms with Crippen molar-refractivity contribution in [2.24, 2.45) is 0 Å². The Labute approximate surface area is 198 Å². The molecule has 0 radical (unpaired) electrons. The van der Waals surface area contributed by atoms with Gasteiger partial charge in [0, 0.05) is 54.3 Å². The molecule has 7 nitrogen and oxygen atoms in total. The van der Waals surface area contributed by atoms with Gasteiger partial charge in [-0.2, -0.15) is 0 Å². The Kier molecular flexibility index (Phi) is 5.59. The van der Waals surface area contributed by atoms with Crippen LogP contribution in [-0.4, -0.2) is 52.8 Å². The van der Waals surface area contributed by atoms with Crippen LogP contribution in [0.5, 0.6) is 0 Å². The van der Waals surface area contributed by atoms with E-state index < -0.39 is 11.4 Å². The number of Topliss-reactive ketones (excluding diaryl/α,β-unsaturated/α-hetero) is 1. The molecule has 176 valence electrons. The predicted octanol–water partition coefficient (Wildman–Crippen LogP) is 4.05. The summed E-state index contributed by atoms with van der Waals surface area (Å²) in [5, 5.41) is 20.1. The third-order valence-electron chi connectivity index (χ3n) is 6.89. The average molecular weight is 461 g/mol. The average Bonchev–Trinajstić information content (AvgIpc) is 2.99.